The first-order valence-corrected chi connectivity index (χ1v) is 11.4. The van der Waals surface area contributed by atoms with Gasteiger partial charge < -0.3 is 15.8 Å². The number of ketones is 1. The summed E-state index contributed by atoms with van der Waals surface area (Å²) >= 11 is 0. The zero-order chi connectivity index (χ0) is 24.4. The van der Waals surface area contributed by atoms with Crippen LogP contribution in [-0.4, -0.2) is 24.8 Å². The average molecular weight is 458 g/mol. The standard InChI is InChI=1S/C27H27N3O4/c1-14-9-11-19(16(3)12-14)30-20-6-5-7-21(31)22(20)27(23(24(30)28)25(32)34-4)17-13-15(2)8-10-18(17)29-26(27)33/h8-13H,5-7,28H2,1-4H3,(H,29,33). The van der Waals surface area contributed by atoms with Gasteiger partial charge in [0.25, 0.3) is 0 Å². The lowest BCUT2D eigenvalue weighted by molar-refractivity contribution is -0.138. The van der Waals surface area contributed by atoms with Crippen molar-refractivity contribution < 1.29 is 19.1 Å². The van der Waals surface area contributed by atoms with Gasteiger partial charge in [0.1, 0.15) is 16.8 Å². The lowest BCUT2D eigenvalue weighted by Crippen LogP contribution is -2.53. The third-order valence-corrected chi connectivity index (χ3v) is 7.05. The van der Waals surface area contributed by atoms with Gasteiger partial charge in [0.05, 0.1) is 12.8 Å². The van der Waals surface area contributed by atoms with Crippen molar-refractivity contribution in [1.82, 2.24) is 0 Å². The Bertz CT molecular complexity index is 1350. The van der Waals surface area contributed by atoms with E-state index in [-0.39, 0.29) is 17.2 Å². The molecule has 3 N–H and O–H groups in total. The van der Waals surface area contributed by atoms with Crippen molar-refractivity contribution in [2.75, 3.05) is 17.3 Å². The predicted molar refractivity (Wildman–Crippen MR) is 129 cm³/mol. The molecule has 0 bridgehead atoms. The molecule has 0 saturated heterocycles. The number of nitrogens with one attached hydrogen (secondary N) is 1. The van der Waals surface area contributed by atoms with Gasteiger partial charge in [-0.05, 0) is 51.3 Å². The summed E-state index contributed by atoms with van der Waals surface area (Å²) in [5, 5.41) is 2.90. The molecule has 2 aromatic carbocycles. The maximum Gasteiger partial charge on any atom is 0.339 e. The number of nitrogens with two attached hydrogens (primary N) is 1. The summed E-state index contributed by atoms with van der Waals surface area (Å²) in [6.45, 7) is 5.87. The Balaban J connectivity index is 1.93. The number of allylic oxidation sites excluding steroid dienone is 1. The van der Waals surface area contributed by atoms with Gasteiger partial charge in [0.2, 0.25) is 5.91 Å². The van der Waals surface area contributed by atoms with E-state index in [2.05, 4.69) is 5.32 Å². The van der Waals surface area contributed by atoms with Crippen molar-refractivity contribution in [3.8, 4) is 0 Å². The number of aryl methyl sites for hydroxylation is 3. The molecule has 1 unspecified atom stereocenters. The largest absolute Gasteiger partial charge is 0.466 e. The van der Waals surface area contributed by atoms with E-state index >= 15 is 0 Å². The molecular weight excluding hydrogens is 430 g/mol. The molecule has 1 aliphatic carbocycles. The Morgan fingerprint density at radius 2 is 1.76 bits per heavy atom. The molecule has 5 rings (SSSR count). The van der Waals surface area contributed by atoms with Crippen molar-refractivity contribution in [1.29, 1.82) is 0 Å². The van der Waals surface area contributed by atoms with Gasteiger partial charge in [-0.3, -0.25) is 14.5 Å². The summed E-state index contributed by atoms with van der Waals surface area (Å²) in [5.74, 6) is -1.24. The topological polar surface area (TPSA) is 102 Å². The quantitative estimate of drug-likeness (QED) is 0.668. The zero-order valence-electron chi connectivity index (χ0n) is 19.7. The van der Waals surface area contributed by atoms with Crippen LogP contribution in [0.5, 0.6) is 0 Å². The molecule has 3 aliphatic rings. The Labute approximate surface area is 198 Å². The molecule has 2 aliphatic heterocycles. The number of anilines is 2. The molecule has 0 radical (unpaired) electrons. The van der Waals surface area contributed by atoms with E-state index in [1.165, 1.54) is 7.11 Å². The molecule has 2 aromatic rings. The van der Waals surface area contributed by atoms with Gasteiger partial charge in [0.15, 0.2) is 5.78 Å². The summed E-state index contributed by atoms with van der Waals surface area (Å²) in [5.41, 5.74) is 10.9. The molecule has 34 heavy (non-hydrogen) atoms. The number of carbonyl (C=O) groups is 3. The summed E-state index contributed by atoms with van der Waals surface area (Å²) in [4.78, 5) is 42.6. The number of methoxy groups -OCH3 is 1. The molecular formula is C27H27N3O4. The number of rotatable bonds is 2. The third-order valence-electron chi connectivity index (χ3n) is 7.05. The van der Waals surface area contributed by atoms with Crippen LogP contribution < -0.4 is 16.0 Å². The highest BCUT2D eigenvalue weighted by molar-refractivity contribution is 6.23. The number of benzene rings is 2. The van der Waals surface area contributed by atoms with Crippen LogP contribution in [0.25, 0.3) is 0 Å². The minimum absolute atomic E-state index is 0.0224. The number of carbonyl (C=O) groups excluding carboxylic acids is 3. The van der Waals surface area contributed by atoms with Gasteiger partial charge >= 0.3 is 5.97 Å². The van der Waals surface area contributed by atoms with E-state index in [1.807, 2.05) is 51.1 Å². The minimum Gasteiger partial charge on any atom is -0.466 e. The summed E-state index contributed by atoms with van der Waals surface area (Å²) in [6.07, 6.45) is 1.49. The average Bonchev–Trinajstić information content (AvgIpc) is 3.06. The summed E-state index contributed by atoms with van der Waals surface area (Å²) < 4.78 is 5.17. The van der Waals surface area contributed by atoms with Gasteiger partial charge in [-0.2, -0.15) is 0 Å². The molecule has 0 aromatic heterocycles. The Hall–Kier alpha value is -3.87. The summed E-state index contributed by atoms with van der Waals surface area (Å²) in [7, 11) is 1.26. The molecule has 7 heteroatoms. The molecule has 1 atom stereocenters. The fraction of sp³-hybridized carbons (Fsp3) is 0.296. The fourth-order valence-corrected chi connectivity index (χ4v) is 5.65. The van der Waals surface area contributed by atoms with E-state index in [0.717, 1.165) is 22.4 Å². The molecule has 0 saturated carbocycles. The van der Waals surface area contributed by atoms with Crippen LogP contribution in [0.4, 0.5) is 11.4 Å². The number of hydrogen-bond donors (Lipinski definition) is 2. The van der Waals surface area contributed by atoms with Crippen LogP contribution >= 0.6 is 0 Å². The predicted octanol–water partition coefficient (Wildman–Crippen LogP) is 3.67. The minimum atomic E-state index is -1.65. The molecule has 1 amide bonds. The number of ether oxygens (including phenoxy) is 1. The van der Waals surface area contributed by atoms with Gasteiger partial charge in [-0.25, -0.2) is 4.79 Å². The van der Waals surface area contributed by atoms with Crippen molar-refractivity contribution >= 4 is 29.0 Å². The van der Waals surface area contributed by atoms with Crippen molar-refractivity contribution in [2.45, 2.75) is 45.4 Å². The van der Waals surface area contributed by atoms with Crippen LogP contribution in [0.3, 0.4) is 0 Å². The highest BCUT2D eigenvalue weighted by Gasteiger charge is 2.62. The SMILES string of the molecule is COC(=O)C1=C(N)N(c2ccc(C)cc2C)C2=C(C(=O)CCC2)C12C(=O)Nc1ccc(C)cc12. The smallest absolute Gasteiger partial charge is 0.339 e. The van der Waals surface area contributed by atoms with E-state index in [0.29, 0.717) is 41.8 Å². The number of Topliss-reactive ketones (excluding diaryl/α,β-unsaturated/α-hetero) is 1. The number of fused-ring (bicyclic) bond motifs is 3. The molecule has 2 heterocycles. The van der Waals surface area contributed by atoms with Gasteiger partial charge in [-0.1, -0.05) is 35.4 Å². The Morgan fingerprint density at radius 1 is 1.06 bits per heavy atom. The molecule has 0 fully saturated rings. The van der Waals surface area contributed by atoms with E-state index in [4.69, 9.17) is 10.5 Å². The van der Waals surface area contributed by atoms with Crippen LogP contribution in [0.15, 0.2) is 59.1 Å². The normalized spacial score (nSPS) is 21.6. The number of amides is 1. The lowest BCUT2D eigenvalue weighted by Gasteiger charge is -2.44. The first kappa shape index (κ1) is 21.9. The molecule has 174 valence electrons. The number of hydrogen-bond acceptors (Lipinski definition) is 6. The maximum absolute atomic E-state index is 13.8. The first-order chi connectivity index (χ1) is 16.2. The van der Waals surface area contributed by atoms with Crippen LogP contribution in [-0.2, 0) is 24.5 Å². The highest BCUT2D eigenvalue weighted by Crippen LogP contribution is 2.55. The highest BCUT2D eigenvalue weighted by atomic mass is 16.5. The lowest BCUT2D eigenvalue weighted by atomic mass is 9.63. The number of nitrogens with zero attached hydrogens (tertiary/aromatic N) is 1. The first-order valence-electron chi connectivity index (χ1n) is 11.4. The maximum atomic E-state index is 13.8. The van der Waals surface area contributed by atoms with Gasteiger partial charge in [-0.15, -0.1) is 0 Å². The van der Waals surface area contributed by atoms with Crippen LogP contribution in [0.2, 0.25) is 0 Å². The second-order valence-corrected chi connectivity index (χ2v) is 9.23. The van der Waals surface area contributed by atoms with E-state index in [1.54, 1.807) is 11.0 Å². The number of esters is 1. The van der Waals surface area contributed by atoms with Crippen LogP contribution in [0, 0.1) is 20.8 Å². The second-order valence-electron chi connectivity index (χ2n) is 9.23. The zero-order valence-corrected chi connectivity index (χ0v) is 19.7. The Kier molecular flexibility index (Phi) is 4.90. The van der Waals surface area contributed by atoms with Crippen molar-refractivity contribution in [3.05, 3.63) is 81.3 Å². The molecule has 7 nitrogen and oxygen atoms in total. The van der Waals surface area contributed by atoms with E-state index < -0.39 is 17.3 Å². The van der Waals surface area contributed by atoms with Crippen molar-refractivity contribution in [2.24, 2.45) is 5.73 Å². The fourth-order valence-electron chi connectivity index (χ4n) is 5.65. The Morgan fingerprint density at radius 3 is 2.47 bits per heavy atom. The summed E-state index contributed by atoms with van der Waals surface area (Å²) in [6, 6.07) is 11.4. The van der Waals surface area contributed by atoms with Gasteiger partial charge in [0, 0.05) is 28.9 Å². The van der Waals surface area contributed by atoms with Crippen molar-refractivity contribution in [3.63, 3.8) is 0 Å². The van der Waals surface area contributed by atoms with E-state index in [9.17, 15) is 14.4 Å². The monoisotopic (exact) mass is 457 g/mol. The van der Waals surface area contributed by atoms with Crippen LogP contribution in [0.1, 0.15) is 41.5 Å². The second kappa shape index (κ2) is 7.58. The third kappa shape index (κ3) is 2.79. The molecule has 1 spiro atoms.